The third-order valence-electron chi connectivity index (χ3n) is 3.63. The number of aromatic nitrogens is 3. The molecule has 2 aromatic carbocycles. The zero-order chi connectivity index (χ0) is 16.4. The van der Waals surface area contributed by atoms with E-state index in [1.165, 1.54) is 16.6 Å². The third-order valence-corrected chi connectivity index (χ3v) is 3.63. The molecule has 0 aliphatic carbocycles. The summed E-state index contributed by atoms with van der Waals surface area (Å²) in [5, 5.41) is 11.3. The van der Waals surface area contributed by atoms with Crippen LogP contribution in [0.2, 0.25) is 0 Å². The highest BCUT2D eigenvalue weighted by Crippen LogP contribution is 2.22. The molecule has 0 radical (unpaired) electrons. The summed E-state index contributed by atoms with van der Waals surface area (Å²) in [5.41, 5.74) is 5.17. The molecule has 1 aromatic heterocycles. The minimum atomic E-state index is -0.262. The van der Waals surface area contributed by atoms with E-state index in [4.69, 9.17) is 0 Å². The maximum Gasteiger partial charge on any atom is 0.277 e. The Bertz CT molecular complexity index is 829. The van der Waals surface area contributed by atoms with Crippen molar-refractivity contribution in [2.24, 2.45) is 0 Å². The average Bonchev–Trinajstić information content (AvgIpc) is 3.01. The van der Waals surface area contributed by atoms with Gasteiger partial charge in [0, 0.05) is 5.69 Å². The molecule has 0 bridgehead atoms. The van der Waals surface area contributed by atoms with Gasteiger partial charge >= 0.3 is 0 Å². The lowest BCUT2D eigenvalue weighted by Crippen LogP contribution is -2.15. The summed E-state index contributed by atoms with van der Waals surface area (Å²) in [6, 6.07) is 13.6. The number of carbonyl (C=O) groups is 1. The fraction of sp³-hybridized carbons (Fsp3) is 0.167. The van der Waals surface area contributed by atoms with Crippen molar-refractivity contribution in [1.82, 2.24) is 15.0 Å². The molecule has 0 saturated heterocycles. The number of benzene rings is 2. The standard InChI is InChI=1S/C18H18N4O/c1-12-9-13(2)17(14(3)10-12)20-18(23)16-11-19-22(21-16)15-7-5-4-6-8-15/h4-11H,1-3H3,(H,20,23). The van der Waals surface area contributed by atoms with E-state index in [1.54, 1.807) is 0 Å². The fourth-order valence-corrected chi connectivity index (χ4v) is 2.61. The predicted octanol–water partition coefficient (Wildman–Crippen LogP) is 3.44. The Labute approximate surface area is 135 Å². The molecule has 1 N–H and O–H groups in total. The molecule has 0 spiro atoms. The zero-order valence-corrected chi connectivity index (χ0v) is 13.4. The molecule has 1 amide bonds. The minimum absolute atomic E-state index is 0.262. The summed E-state index contributed by atoms with van der Waals surface area (Å²) < 4.78 is 0. The first kappa shape index (κ1) is 15.0. The maximum atomic E-state index is 12.4. The number of nitrogens with one attached hydrogen (secondary N) is 1. The van der Waals surface area contributed by atoms with Crippen molar-refractivity contribution >= 4 is 11.6 Å². The van der Waals surface area contributed by atoms with Crippen LogP contribution in [0, 0.1) is 20.8 Å². The largest absolute Gasteiger partial charge is 0.320 e. The molecule has 0 unspecified atom stereocenters. The molecule has 23 heavy (non-hydrogen) atoms. The molecule has 1 heterocycles. The normalized spacial score (nSPS) is 10.6. The Morgan fingerprint density at radius 3 is 2.35 bits per heavy atom. The SMILES string of the molecule is Cc1cc(C)c(NC(=O)c2cnn(-c3ccccc3)n2)c(C)c1. The topological polar surface area (TPSA) is 59.8 Å². The fourth-order valence-electron chi connectivity index (χ4n) is 2.61. The van der Waals surface area contributed by atoms with Crippen molar-refractivity contribution in [3.63, 3.8) is 0 Å². The van der Waals surface area contributed by atoms with E-state index < -0.39 is 0 Å². The van der Waals surface area contributed by atoms with Crippen LogP contribution in [0.15, 0.2) is 48.7 Å². The molecular formula is C18H18N4O. The number of aryl methyl sites for hydroxylation is 3. The van der Waals surface area contributed by atoms with E-state index in [-0.39, 0.29) is 11.6 Å². The van der Waals surface area contributed by atoms with Crippen LogP contribution in [0.25, 0.3) is 5.69 Å². The van der Waals surface area contributed by atoms with Gasteiger partial charge in [-0.15, -0.1) is 5.10 Å². The zero-order valence-electron chi connectivity index (χ0n) is 13.4. The molecular weight excluding hydrogens is 288 g/mol. The lowest BCUT2D eigenvalue weighted by Gasteiger charge is -2.11. The smallest absolute Gasteiger partial charge is 0.277 e. The second-order valence-corrected chi connectivity index (χ2v) is 5.58. The van der Waals surface area contributed by atoms with Gasteiger partial charge in [-0.05, 0) is 44.0 Å². The second kappa shape index (κ2) is 6.04. The van der Waals surface area contributed by atoms with Crippen LogP contribution in [-0.2, 0) is 0 Å². The quantitative estimate of drug-likeness (QED) is 0.806. The third kappa shape index (κ3) is 3.13. The Morgan fingerprint density at radius 2 is 1.70 bits per heavy atom. The molecule has 116 valence electrons. The number of anilines is 1. The van der Waals surface area contributed by atoms with E-state index in [1.807, 2.05) is 63.2 Å². The van der Waals surface area contributed by atoms with E-state index in [9.17, 15) is 4.79 Å². The van der Waals surface area contributed by atoms with Gasteiger partial charge in [0.1, 0.15) is 0 Å². The van der Waals surface area contributed by atoms with Crippen molar-refractivity contribution in [3.8, 4) is 5.69 Å². The number of nitrogens with zero attached hydrogens (tertiary/aromatic N) is 3. The first-order valence-corrected chi connectivity index (χ1v) is 7.41. The summed E-state index contributed by atoms with van der Waals surface area (Å²) in [7, 11) is 0. The number of rotatable bonds is 3. The molecule has 0 aliphatic heterocycles. The Morgan fingerprint density at radius 1 is 1.04 bits per heavy atom. The maximum absolute atomic E-state index is 12.4. The first-order chi connectivity index (χ1) is 11.0. The van der Waals surface area contributed by atoms with E-state index in [0.29, 0.717) is 0 Å². The van der Waals surface area contributed by atoms with Gasteiger partial charge in [-0.25, -0.2) is 0 Å². The molecule has 3 aromatic rings. The number of hydrogen-bond donors (Lipinski definition) is 1. The summed E-state index contributed by atoms with van der Waals surface area (Å²) >= 11 is 0. The molecule has 5 heteroatoms. The van der Waals surface area contributed by atoms with Gasteiger partial charge < -0.3 is 5.32 Å². The molecule has 0 fully saturated rings. The first-order valence-electron chi connectivity index (χ1n) is 7.41. The predicted molar refractivity (Wildman–Crippen MR) is 90.0 cm³/mol. The van der Waals surface area contributed by atoms with Crippen molar-refractivity contribution in [1.29, 1.82) is 0 Å². The van der Waals surface area contributed by atoms with Crippen LogP contribution in [0.1, 0.15) is 27.2 Å². The van der Waals surface area contributed by atoms with Crippen molar-refractivity contribution in [2.45, 2.75) is 20.8 Å². The molecule has 0 atom stereocenters. The van der Waals surface area contributed by atoms with Crippen LogP contribution in [0.3, 0.4) is 0 Å². The van der Waals surface area contributed by atoms with Crippen LogP contribution in [-0.4, -0.2) is 20.9 Å². The molecule has 3 rings (SSSR count). The Kier molecular flexibility index (Phi) is 3.93. The lowest BCUT2D eigenvalue weighted by atomic mass is 10.1. The van der Waals surface area contributed by atoms with Crippen molar-refractivity contribution < 1.29 is 4.79 Å². The van der Waals surface area contributed by atoms with E-state index in [0.717, 1.165) is 22.5 Å². The number of amides is 1. The highest BCUT2D eigenvalue weighted by atomic mass is 16.2. The monoisotopic (exact) mass is 306 g/mol. The van der Waals surface area contributed by atoms with Gasteiger partial charge in [-0.2, -0.15) is 9.90 Å². The average molecular weight is 306 g/mol. The van der Waals surface area contributed by atoms with Gasteiger partial charge in [0.25, 0.3) is 5.91 Å². The molecule has 5 nitrogen and oxygen atoms in total. The van der Waals surface area contributed by atoms with Crippen LogP contribution >= 0.6 is 0 Å². The van der Waals surface area contributed by atoms with Gasteiger partial charge in [-0.3, -0.25) is 4.79 Å². The van der Waals surface area contributed by atoms with Crippen LogP contribution < -0.4 is 5.32 Å². The van der Waals surface area contributed by atoms with Gasteiger partial charge in [0.2, 0.25) is 0 Å². The highest BCUT2D eigenvalue weighted by molar-refractivity contribution is 6.03. The summed E-state index contributed by atoms with van der Waals surface area (Å²) in [6.07, 6.45) is 1.47. The number of para-hydroxylation sites is 1. The summed E-state index contributed by atoms with van der Waals surface area (Å²) in [4.78, 5) is 13.9. The van der Waals surface area contributed by atoms with Crippen LogP contribution in [0.5, 0.6) is 0 Å². The Balaban J connectivity index is 1.84. The number of carbonyl (C=O) groups excluding carboxylic acids is 1. The second-order valence-electron chi connectivity index (χ2n) is 5.58. The van der Waals surface area contributed by atoms with Gasteiger partial charge in [0.15, 0.2) is 5.69 Å². The van der Waals surface area contributed by atoms with Crippen molar-refractivity contribution in [2.75, 3.05) is 5.32 Å². The Hall–Kier alpha value is -2.95. The van der Waals surface area contributed by atoms with Crippen LogP contribution in [0.4, 0.5) is 5.69 Å². The summed E-state index contributed by atoms with van der Waals surface area (Å²) in [6.45, 7) is 6.00. The molecule has 0 aliphatic rings. The van der Waals surface area contributed by atoms with Gasteiger partial charge in [0.05, 0.1) is 11.9 Å². The lowest BCUT2D eigenvalue weighted by molar-refractivity contribution is 0.102. The van der Waals surface area contributed by atoms with Gasteiger partial charge in [-0.1, -0.05) is 35.9 Å². The highest BCUT2D eigenvalue weighted by Gasteiger charge is 2.14. The summed E-state index contributed by atoms with van der Waals surface area (Å²) in [5.74, 6) is -0.262. The minimum Gasteiger partial charge on any atom is -0.320 e. The number of hydrogen-bond acceptors (Lipinski definition) is 3. The molecule has 0 saturated carbocycles. The van der Waals surface area contributed by atoms with Crippen molar-refractivity contribution in [3.05, 3.63) is 71.0 Å². The van der Waals surface area contributed by atoms with E-state index in [2.05, 4.69) is 15.5 Å². The van der Waals surface area contributed by atoms with E-state index >= 15 is 0 Å².